The van der Waals surface area contributed by atoms with Gasteiger partial charge in [-0.1, -0.05) is 0 Å². The first-order chi connectivity index (χ1) is 10.6. The van der Waals surface area contributed by atoms with E-state index in [2.05, 4.69) is 10.1 Å². The molecule has 0 bridgehead atoms. The fourth-order valence-corrected chi connectivity index (χ4v) is 3.24. The standard InChI is InChI=1S/C15H22N2O5S/c1-11(2)17(23(4,20)21)10-9-14(18)16-13-7-5-12(6-8-13)15(19)22-3/h5-8,11H,9-10H2,1-4H3,(H,16,18). The molecule has 0 radical (unpaired) electrons. The van der Waals surface area contributed by atoms with Crippen LogP contribution in [0.3, 0.4) is 0 Å². The van der Waals surface area contributed by atoms with E-state index in [4.69, 9.17) is 0 Å². The molecule has 128 valence electrons. The largest absolute Gasteiger partial charge is 0.465 e. The summed E-state index contributed by atoms with van der Waals surface area (Å²) >= 11 is 0. The van der Waals surface area contributed by atoms with Crippen molar-refractivity contribution in [3.63, 3.8) is 0 Å². The van der Waals surface area contributed by atoms with Crippen molar-refractivity contribution in [2.75, 3.05) is 25.2 Å². The highest BCUT2D eigenvalue weighted by atomic mass is 32.2. The third-order valence-electron chi connectivity index (χ3n) is 3.15. The molecule has 0 atom stereocenters. The Labute approximate surface area is 136 Å². The third-order valence-corrected chi connectivity index (χ3v) is 4.61. The molecule has 1 rings (SSSR count). The maximum atomic E-state index is 11.9. The van der Waals surface area contributed by atoms with Gasteiger partial charge in [0.15, 0.2) is 0 Å². The smallest absolute Gasteiger partial charge is 0.337 e. The first-order valence-electron chi connectivity index (χ1n) is 7.10. The number of nitrogens with one attached hydrogen (secondary N) is 1. The molecule has 0 aliphatic rings. The number of benzene rings is 1. The third kappa shape index (κ3) is 5.99. The maximum Gasteiger partial charge on any atom is 0.337 e. The van der Waals surface area contributed by atoms with Crippen molar-refractivity contribution in [2.24, 2.45) is 0 Å². The summed E-state index contributed by atoms with van der Waals surface area (Å²) < 4.78 is 29.1. The molecule has 0 aromatic heterocycles. The number of amides is 1. The van der Waals surface area contributed by atoms with Crippen molar-refractivity contribution in [2.45, 2.75) is 26.3 Å². The first kappa shape index (κ1) is 19.1. The van der Waals surface area contributed by atoms with Crippen molar-refractivity contribution in [3.8, 4) is 0 Å². The lowest BCUT2D eigenvalue weighted by Crippen LogP contribution is -2.38. The fourth-order valence-electron chi connectivity index (χ4n) is 2.05. The minimum absolute atomic E-state index is 0.0456. The zero-order valence-electron chi connectivity index (χ0n) is 13.7. The van der Waals surface area contributed by atoms with Gasteiger partial charge in [-0.2, -0.15) is 4.31 Å². The Balaban J connectivity index is 2.61. The van der Waals surface area contributed by atoms with E-state index in [0.29, 0.717) is 11.3 Å². The van der Waals surface area contributed by atoms with E-state index in [9.17, 15) is 18.0 Å². The second-order valence-corrected chi connectivity index (χ2v) is 7.27. The summed E-state index contributed by atoms with van der Waals surface area (Å²) in [6.07, 6.45) is 1.17. The number of esters is 1. The number of ether oxygens (including phenoxy) is 1. The van der Waals surface area contributed by atoms with Gasteiger partial charge in [-0.3, -0.25) is 4.79 Å². The van der Waals surface area contributed by atoms with Crippen LogP contribution in [0.25, 0.3) is 0 Å². The summed E-state index contributed by atoms with van der Waals surface area (Å²) in [5.74, 6) is -0.756. The number of nitrogens with zero attached hydrogens (tertiary/aromatic N) is 1. The van der Waals surface area contributed by atoms with Gasteiger partial charge in [0.1, 0.15) is 0 Å². The fraction of sp³-hybridized carbons (Fsp3) is 0.467. The van der Waals surface area contributed by atoms with Crippen molar-refractivity contribution < 1.29 is 22.7 Å². The minimum atomic E-state index is -3.35. The Morgan fingerprint density at radius 2 is 1.78 bits per heavy atom. The van der Waals surface area contributed by atoms with E-state index >= 15 is 0 Å². The molecule has 1 aromatic carbocycles. The van der Waals surface area contributed by atoms with E-state index in [1.165, 1.54) is 11.4 Å². The summed E-state index contributed by atoms with van der Waals surface area (Å²) in [7, 11) is -2.06. The number of rotatable bonds is 7. The van der Waals surface area contributed by atoms with Crippen molar-refractivity contribution in [3.05, 3.63) is 29.8 Å². The zero-order chi connectivity index (χ0) is 17.6. The summed E-state index contributed by atoms with van der Waals surface area (Å²) in [6.45, 7) is 3.62. The van der Waals surface area contributed by atoms with E-state index < -0.39 is 16.0 Å². The SMILES string of the molecule is COC(=O)c1ccc(NC(=O)CCN(C(C)C)S(C)(=O)=O)cc1. The number of hydrogen-bond donors (Lipinski definition) is 1. The molecular weight excluding hydrogens is 320 g/mol. The Morgan fingerprint density at radius 3 is 2.22 bits per heavy atom. The molecule has 1 amide bonds. The van der Waals surface area contributed by atoms with Gasteiger partial charge in [0, 0.05) is 24.7 Å². The number of carbonyl (C=O) groups excluding carboxylic acids is 2. The summed E-state index contributed by atoms with van der Waals surface area (Å²) in [4.78, 5) is 23.2. The molecule has 0 saturated heterocycles. The summed E-state index contributed by atoms with van der Waals surface area (Å²) in [5, 5.41) is 2.66. The summed E-state index contributed by atoms with van der Waals surface area (Å²) in [5.41, 5.74) is 0.909. The number of carbonyl (C=O) groups is 2. The van der Waals surface area contributed by atoms with Gasteiger partial charge in [-0.25, -0.2) is 13.2 Å². The molecule has 1 N–H and O–H groups in total. The van der Waals surface area contributed by atoms with Gasteiger partial charge < -0.3 is 10.1 Å². The molecular formula is C15H22N2O5S. The topological polar surface area (TPSA) is 92.8 Å². The van der Waals surface area contributed by atoms with Crippen LogP contribution in [0.2, 0.25) is 0 Å². The molecule has 0 unspecified atom stereocenters. The Bertz CT molecular complexity index is 653. The molecule has 0 fully saturated rings. The van der Waals surface area contributed by atoms with E-state index in [0.717, 1.165) is 6.26 Å². The predicted molar refractivity (Wildman–Crippen MR) is 87.7 cm³/mol. The van der Waals surface area contributed by atoms with Crippen LogP contribution < -0.4 is 5.32 Å². The van der Waals surface area contributed by atoms with Crippen LogP contribution in [-0.2, 0) is 19.6 Å². The molecule has 0 heterocycles. The lowest BCUT2D eigenvalue weighted by atomic mass is 10.2. The average molecular weight is 342 g/mol. The van der Waals surface area contributed by atoms with E-state index in [1.54, 1.807) is 38.1 Å². The Morgan fingerprint density at radius 1 is 1.22 bits per heavy atom. The second kappa shape index (κ2) is 8.07. The van der Waals surface area contributed by atoms with Gasteiger partial charge in [0.25, 0.3) is 0 Å². The number of hydrogen-bond acceptors (Lipinski definition) is 5. The quantitative estimate of drug-likeness (QED) is 0.758. The van der Waals surface area contributed by atoms with Crippen LogP contribution in [0, 0.1) is 0 Å². The second-order valence-electron chi connectivity index (χ2n) is 5.33. The van der Waals surface area contributed by atoms with Crippen LogP contribution in [0.5, 0.6) is 0 Å². The Kier molecular flexibility index (Phi) is 6.71. The number of sulfonamides is 1. The number of methoxy groups -OCH3 is 1. The normalized spacial score (nSPS) is 11.6. The van der Waals surface area contributed by atoms with Crippen molar-refractivity contribution >= 4 is 27.6 Å². The highest BCUT2D eigenvalue weighted by Crippen LogP contribution is 2.12. The molecule has 7 nitrogen and oxygen atoms in total. The Hall–Kier alpha value is -1.93. The predicted octanol–water partition coefficient (Wildman–Crippen LogP) is 1.47. The molecule has 0 saturated carbocycles. The van der Waals surface area contributed by atoms with Gasteiger partial charge in [-0.15, -0.1) is 0 Å². The van der Waals surface area contributed by atoms with Crippen LogP contribution in [0.4, 0.5) is 5.69 Å². The van der Waals surface area contributed by atoms with Crippen molar-refractivity contribution in [1.82, 2.24) is 4.31 Å². The van der Waals surface area contributed by atoms with Crippen molar-refractivity contribution in [1.29, 1.82) is 0 Å². The first-order valence-corrected chi connectivity index (χ1v) is 8.95. The van der Waals surface area contributed by atoms with Crippen LogP contribution in [0.15, 0.2) is 24.3 Å². The highest BCUT2D eigenvalue weighted by molar-refractivity contribution is 7.88. The molecule has 0 aliphatic carbocycles. The lowest BCUT2D eigenvalue weighted by molar-refractivity contribution is -0.116. The molecule has 0 spiro atoms. The van der Waals surface area contributed by atoms with E-state index in [1.807, 2.05) is 0 Å². The van der Waals surface area contributed by atoms with Gasteiger partial charge >= 0.3 is 5.97 Å². The maximum absolute atomic E-state index is 11.9. The van der Waals surface area contributed by atoms with E-state index in [-0.39, 0.29) is 24.9 Å². The lowest BCUT2D eigenvalue weighted by Gasteiger charge is -2.23. The monoisotopic (exact) mass is 342 g/mol. The van der Waals surface area contributed by atoms with Crippen LogP contribution >= 0.6 is 0 Å². The average Bonchev–Trinajstić information content (AvgIpc) is 2.45. The minimum Gasteiger partial charge on any atom is -0.465 e. The molecule has 8 heteroatoms. The zero-order valence-corrected chi connectivity index (χ0v) is 14.5. The molecule has 0 aliphatic heterocycles. The number of anilines is 1. The highest BCUT2D eigenvalue weighted by Gasteiger charge is 2.20. The molecule has 1 aromatic rings. The van der Waals surface area contributed by atoms with Crippen LogP contribution in [0.1, 0.15) is 30.6 Å². The van der Waals surface area contributed by atoms with Crippen LogP contribution in [-0.4, -0.2) is 50.6 Å². The van der Waals surface area contributed by atoms with Gasteiger partial charge in [-0.05, 0) is 38.1 Å². The van der Waals surface area contributed by atoms with Gasteiger partial charge in [0.2, 0.25) is 15.9 Å². The molecule has 23 heavy (non-hydrogen) atoms. The van der Waals surface area contributed by atoms with Gasteiger partial charge in [0.05, 0.1) is 18.9 Å². The summed E-state index contributed by atoms with van der Waals surface area (Å²) in [6, 6.07) is 6.04.